The number of aliphatic hydroxyl groups excluding tert-OH is 7. The van der Waals surface area contributed by atoms with Crippen molar-refractivity contribution in [2.45, 2.75) is 203 Å². The molecule has 3 fully saturated rings. The largest absolute Gasteiger partial charge is 0.508 e. The summed E-state index contributed by atoms with van der Waals surface area (Å²) in [6.07, 6.45) is -6.40. The Bertz CT molecular complexity index is 2180. The van der Waals surface area contributed by atoms with Gasteiger partial charge in [-0.05, 0) is 90.3 Å². The van der Waals surface area contributed by atoms with Gasteiger partial charge in [-0.2, -0.15) is 0 Å². The van der Waals surface area contributed by atoms with Crippen LogP contribution in [0.25, 0.3) is 0 Å². The van der Waals surface area contributed by atoms with Crippen LogP contribution in [0.15, 0.2) is 24.3 Å². The molecule has 0 saturated carbocycles. The van der Waals surface area contributed by atoms with Crippen molar-refractivity contribution in [1.29, 1.82) is 0 Å². The molecule has 16 atom stereocenters. The summed E-state index contributed by atoms with van der Waals surface area (Å²) in [7, 11) is 6.92. The summed E-state index contributed by atoms with van der Waals surface area (Å²) in [5, 5.41) is 106. The minimum Gasteiger partial charge on any atom is -0.508 e. The highest BCUT2D eigenvalue weighted by Gasteiger charge is 2.49. The summed E-state index contributed by atoms with van der Waals surface area (Å²) >= 11 is 0. The second kappa shape index (κ2) is 33.3. The molecule has 1 unspecified atom stereocenters. The molecule has 0 aliphatic carbocycles. The Hall–Kier alpha value is -5.09. The summed E-state index contributed by atoms with van der Waals surface area (Å²) in [5.41, 5.74) is -0.0421. The highest BCUT2D eigenvalue weighted by molar-refractivity contribution is 5.98. The van der Waals surface area contributed by atoms with E-state index in [-0.39, 0.29) is 50.2 Å². The van der Waals surface area contributed by atoms with E-state index in [1.165, 1.54) is 37.6 Å². The van der Waals surface area contributed by atoms with Crippen molar-refractivity contribution in [2.75, 3.05) is 60.9 Å². The average Bonchev–Trinajstić information content (AvgIpc) is 4.07. The van der Waals surface area contributed by atoms with Gasteiger partial charge in [0, 0.05) is 52.0 Å². The number of phenolic OH excluding ortho intramolecular Hbond substituents is 1. The van der Waals surface area contributed by atoms with E-state index >= 15 is 0 Å². The first-order chi connectivity index (χ1) is 38.2. The molecule has 7 amide bonds. The van der Waals surface area contributed by atoms with E-state index in [0.29, 0.717) is 24.8 Å². The number of benzene rings is 1. The molecular weight excluding hydrogens is 1050 g/mol. The molecule has 4 rings (SSSR count). The molecule has 1 aromatic rings. The molecule has 3 aliphatic heterocycles. The fourth-order valence-corrected chi connectivity index (χ4v) is 10.7. The molecule has 0 spiro atoms. The van der Waals surface area contributed by atoms with Crippen LogP contribution in [-0.4, -0.2) is 242 Å². The Labute approximate surface area is 476 Å². The van der Waals surface area contributed by atoms with Gasteiger partial charge in [0.15, 0.2) is 0 Å². The number of aromatic hydroxyl groups is 1. The zero-order valence-corrected chi connectivity index (χ0v) is 48.7. The molecule has 0 bridgehead atoms. The number of carbonyl (C=O) groups excluding carboxylic acids is 7. The van der Waals surface area contributed by atoms with Crippen molar-refractivity contribution in [2.24, 2.45) is 11.8 Å². The number of phenols is 1. The van der Waals surface area contributed by atoms with E-state index in [1.54, 1.807) is 38.0 Å². The van der Waals surface area contributed by atoms with Gasteiger partial charge in [0.1, 0.15) is 60.4 Å². The Morgan fingerprint density at radius 3 is 1.93 bits per heavy atom. The number of fused-ring (bicyclic) bond motifs is 2. The zero-order chi connectivity index (χ0) is 60.2. The molecule has 3 saturated heterocycles. The van der Waals surface area contributed by atoms with Crippen LogP contribution >= 0.6 is 0 Å². The molecule has 0 radical (unpaired) electrons. The SMILES string of the molecule is CC[C@H](C)C[C@H](C)CCCCCCCCC(=O)N[C@@H]1C[C@@H](O)C(NCCN(C)C)NC(=O)[C@@H]2[C@@H](O)CCN2C(=O)[C@H]([C@H](O)CCN(C)C)NC(=O)[C@H]([C@H](O)[C@@H](O)c2ccc(O)cc2)NC(=O)[C@@H]2C[C@@H](O)CN2C(=O)[C@H]([C@@H](C)O)NC1=O. The lowest BCUT2D eigenvalue weighted by molar-refractivity contribution is -0.148. The first kappa shape index (κ1) is 68.4. The van der Waals surface area contributed by atoms with E-state index in [4.69, 9.17) is 0 Å². The van der Waals surface area contributed by atoms with E-state index in [0.717, 1.165) is 54.7 Å². The first-order valence-corrected chi connectivity index (χ1v) is 28.9. The number of hydrogen-bond donors (Lipinski definition) is 14. The van der Waals surface area contributed by atoms with Crippen molar-refractivity contribution >= 4 is 41.4 Å². The second-order valence-corrected chi connectivity index (χ2v) is 23.3. The van der Waals surface area contributed by atoms with Gasteiger partial charge in [-0.15, -0.1) is 0 Å². The van der Waals surface area contributed by atoms with Crippen LogP contribution in [0.2, 0.25) is 0 Å². The molecule has 3 aliphatic rings. The molecule has 25 heteroatoms. The van der Waals surface area contributed by atoms with E-state index < -0.39 is 146 Å². The molecule has 1 aromatic carbocycles. The van der Waals surface area contributed by atoms with Gasteiger partial charge in [-0.1, -0.05) is 77.8 Å². The number of unbranched alkanes of at least 4 members (excludes halogenated alkanes) is 5. The predicted molar refractivity (Wildman–Crippen MR) is 299 cm³/mol. The number of carbonyl (C=O) groups is 7. The maximum absolute atomic E-state index is 14.9. The third-order valence-electron chi connectivity index (χ3n) is 15.7. The van der Waals surface area contributed by atoms with Crippen molar-refractivity contribution in [3.05, 3.63) is 29.8 Å². The van der Waals surface area contributed by atoms with Crippen molar-refractivity contribution in [3.8, 4) is 5.75 Å². The highest BCUT2D eigenvalue weighted by atomic mass is 16.3. The third kappa shape index (κ3) is 20.9. The highest BCUT2D eigenvalue weighted by Crippen LogP contribution is 2.27. The van der Waals surface area contributed by atoms with E-state index in [9.17, 15) is 74.4 Å². The van der Waals surface area contributed by atoms with E-state index in [1.807, 2.05) is 0 Å². The maximum atomic E-state index is 14.9. The van der Waals surface area contributed by atoms with Gasteiger partial charge in [-0.3, -0.25) is 38.9 Å². The average molecular weight is 1150 g/mol. The van der Waals surface area contributed by atoms with Crippen LogP contribution in [-0.2, 0) is 33.6 Å². The summed E-state index contributed by atoms with van der Waals surface area (Å²) in [5.74, 6) is -6.19. The van der Waals surface area contributed by atoms with Crippen molar-refractivity contribution in [1.82, 2.24) is 51.5 Å². The molecule has 14 N–H and O–H groups in total. The van der Waals surface area contributed by atoms with Crippen LogP contribution in [0.3, 0.4) is 0 Å². The predicted octanol–water partition coefficient (Wildman–Crippen LogP) is -2.11. The lowest BCUT2D eigenvalue weighted by Crippen LogP contribution is -2.65. The van der Waals surface area contributed by atoms with Gasteiger partial charge in [0.05, 0.1) is 30.5 Å². The lowest BCUT2D eigenvalue weighted by atomic mass is 9.91. The summed E-state index contributed by atoms with van der Waals surface area (Å²) < 4.78 is 0. The maximum Gasteiger partial charge on any atom is 0.248 e. The number of likely N-dealkylation sites (N-methyl/N-ethyl adjacent to an activating group) is 1. The Morgan fingerprint density at radius 1 is 0.691 bits per heavy atom. The summed E-state index contributed by atoms with van der Waals surface area (Å²) in [6.45, 7) is 7.77. The molecule has 0 aromatic heterocycles. The third-order valence-corrected chi connectivity index (χ3v) is 15.7. The van der Waals surface area contributed by atoms with Crippen molar-refractivity contribution < 1.29 is 74.4 Å². The second-order valence-electron chi connectivity index (χ2n) is 23.3. The van der Waals surface area contributed by atoms with Crippen LogP contribution in [0.5, 0.6) is 5.75 Å². The monoisotopic (exact) mass is 1150 g/mol. The smallest absolute Gasteiger partial charge is 0.248 e. The molecule has 81 heavy (non-hydrogen) atoms. The van der Waals surface area contributed by atoms with Crippen LogP contribution in [0, 0.1) is 11.8 Å². The quantitative estimate of drug-likeness (QED) is 0.0466. The summed E-state index contributed by atoms with van der Waals surface area (Å²) in [6, 6.07) is -6.18. The van der Waals surface area contributed by atoms with Gasteiger partial charge < -0.3 is 87.0 Å². The zero-order valence-electron chi connectivity index (χ0n) is 48.7. The van der Waals surface area contributed by atoms with Crippen LogP contribution in [0.1, 0.15) is 129 Å². The van der Waals surface area contributed by atoms with E-state index in [2.05, 4.69) is 52.7 Å². The van der Waals surface area contributed by atoms with Crippen molar-refractivity contribution in [3.63, 3.8) is 0 Å². The molecule has 460 valence electrons. The van der Waals surface area contributed by atoms with Crippen LogP contribution in [0.4, 0.5) is 0 Å². The molecule has 3 heterocycles. The number of nitrogens with one attached hydrogen (secondary N) is 6. The van der Waals surface area contributed by atoms with Crippen LogP contribution < -0.4 is 31.9 Å². The number of amides is 7. The Morgan fingerprint density at radius 2 is 1.30 bits per heavy atom. The van der Waals surface area contributed by atoms with Gasteiger partial charge in [-0.25, -0.2) is 0 Å². The minimum absolute atomic E-state index is 0.0123. The minimum atomic E-state index is -2.26. The van der Waals surface area contributed by atoms with Gasteiger partial charge in [0.2, 0.25) is 41.4 Å². The Kier molecular flexibility index (Phi) is 28.1. The summed E-state index contributed by atoms with van der Waals surface area (Å²) in [4.78, 5) is 107. The fourth-order valence-electron chi connectivity index (χ4n) is 10.7. The number of rotatable bonds is 25. The topological polar surface area (TPSA) is 366 Å². The standard InChI is InChI=1S/C56H96N10O15/c1-9-32(2)28-33(3)16-14-12-10-11-13-15-17-43(73)58-38-30-42(72)50(57-24-27-64(7)8)62-54(79)47-41(71)23-26-65(47)56(81)45(40(70)22-25-63(5)6)60-53(78)46(49(75)48(74)35-18-20-36(68)21-19-35)61-52(77)39-29-37(69)31-66(39)55(80)44(34(4)67)59-51(38)76/h18-21,32-34,37-42,44-50,57,67-72,74-75H,9-17,22-31H2,1-8H3,(H,58,73)(H,59,76)(H,60,78)(H,61,77)(H,62,79)/t32-,33+,34+,37+,38+,39-,40+,41-,42+,44-,45-,46-,47-,48-,49-,50?/m0/s1. The number of hydrogen-bond acceptors (Lipinski definition) is 18. The van der Waals surface area contributed by atoms with Gasteiger partial charge >= 0.3 is 0 Å². The normalized spacial score (nSPS) is 28.0. The molecule has 25 nitrogen and oxygen atoms in total. The number of nitrogens with zero attached hydrogens (tertiary/aromatic N) is 4. The van der Waals surface area contributed by atoms with Gasteiger partial charge in [0.25, 0.3) is 0 Å². The molecular formula is C56H96N10O15. The number of aliphatic hydroxyl groups is 7. The first-order valence-electron chi connectivity index (χ1n) is 28.9. The fraction of sp³-hybridized carbons (Fsp3) is 0.768. The Balaban J connectivity index is 1.77. The lowest BCUT2D eigenvalue weighted by Gasteiger charge is -2.35.